The van der Waals surface area contributed by atoms with E-state index in [4.69, 9.17) is 10.2 Å². The Bertz CT molecular complexity index is 701. The van der Waals surface area contributed by atoms with E-state index in [9.17, 15) is 19.5 Å². The first kappa shape index (κ1) is 16.5. The van der Waals surface area contributed by atoms with Crippen LogP contribution in [0.2, 0.25) is 0 Å². The van der Waals surface area contributed by atoms with E-state index < -0.39 is 23.3 Å². The molecule has 1 unspecified atom stereocenters. The number of hydrogen-bond donors (Lipinski definition) is 3. The third kappa shape index (κ3) is 3.66. The van der Waals surface area contributed by atoms with Crippen LogP contribution in [0.1, 0.15) is 18.4 Å². The molecule has 120 valence electrons. The average Bonchev–Trinajstić information content (AvgIpc) is 2.53. The first-order chi connectivity index (χ1) is 10.8. The maximum atomic E-state index is 11.8. The van der Waals surface area contributed by atoms with E-state index in [1.165, 1.54) is 0 Å². The molecule has 0 fully saturated rings. The zero-order chi connectivity index (χ0) is 17.0. The molecule has 0 radical (unpaired) electrons. The van der Waals surface area contributed by atoms with Crippen molar-refractivity contribution in [3.05, 3.63) is 59.2 Å². The monoisotopic (exact) mass is 316 g/mol. The Morgan fingerprint density at radius 1 is 1.00 bits per heavy atom. The Morgan fingerprint density at radius 2 is 1.65 bits per heavy atom. The third-order valence-electron chi connectivity index (χ3n) is 3.92. The van der Waals surface area contributed by atoms with E-state index in [1.807, 2.05) is 30.3 Å². The van der Waals surface area contributed by atoms with Crippen LogP contribution in [-0.4, -0.2) is 33.2 Å². The molecule has 0 aliphatic heterocycles. The molecule has 0 bridgehead atoms. The molecule has 1 aliphatic rings. The maximum Gasteiger partial charge on any atom is 0.335 e. The second kappa shape index (κ2) is 6.48. The van der Waals surface area contributed by atoms with Gasteiger partial charge in [-0.1, -0.05) is 36.4 Å². The highest BCUT2D eigenvalue weighted by Gasteiger charge is 2.41. The van der Waals surface area contributed by atoms with Crippen LogP contribution in [0.3, 0.4) is 0 Å². The second-order valence-corrected chi connectivity index (χ2v) is 5.50. The first-order valence-electron chi connectivity index (χ1n) is 7.01. The van der Waals surface area contributed by atoms with Gasteiger partial charge in [0.2, 0.25) is 0 Å². The largest absolute Gasteiger partial charge is 0.481 e. The van der Waals surface area contributed by atoms with E-state index in [0.717, 1.165) is 17.7 Å². The Labute approximate surface area is 132 Å². The van der Waals surface area contributed by atoms with Gasteiger partial charge in [0.1, 0.15) is 0 Å². The highest BCUT2D eigenvalue weighted by molar-refractivity contribution is 5.98. The topological polar surface area (TPSA) is 112 Å². The summed E-state index contributed by atoms with van der Waals surface area (Å²) in [6.45, 7) is 0. The number of aryl methyl sites for hydroxylation is 1. The molecule has 0 heterocycles. The predicted molar refractivity (Wildman–Crippen MR) is 80.9 cm³/mol. The summed E-state index contributed by atoms with van der Waals surface area (Å²) in [5, 5.41) is 27.9. The van der Waals surface area contributed by atoms with E-state index in [1.54, 1.807) is 0 Å². The summed E-state index contributed by atoms with van der Waals surface area (Å²) in [5.41, 5.74) is -1.14. The molecular weight excluding hydrogens is 300 g/mol. The zero-order valence-electron chi connectivity index (χ0n) is 12.2. The highest BCUT2D eigenvalue weighted by Crippen LogP contribution is 2.39. The molecule has 6 nitrogen and oxygen atoms in total. The Kier molecular flexibility index (Phi) is 4.64. The summed E-state index contributed by atoms with van der Waals surface area (Å²) in [5.74, 6) is -3.87. The van der Waals surface area contributed by atoms with Crippen molar-refractivity contribution in [2.45, 2.75) is 19.3 Å². The van der Waals surface area contributed by atoms with Gasteiger partial charge in [-0.2, -0.15) is 0 Å². The summed E-state index contributed by atoms with van der Waals surface area (Å²) < 4.78 is 0. The Balaban J connectivity index is 2.36. The first-order valence-corrected chi connectivity index (χ1v) is 7.01. The van der Waals surface area contributed by atoms with Crippen LogP contribution in [0.5, 0.6) is 0 Å². The number of carbonyl (C=O) groups is 3. The molecule has 6 heteroatoms. The Hall–Kier alpha value is -2.89. The van der Waals surface area contributed by atoms with Crippen molar-refractivity contribution in [1.29, 1.82) is 0 Å². The van der Waals surface area contributed by atoms with E-state index in [0.29, 0.717) is 6.42 Å². The molecule has 0 aromatic heterocycles. The fraction of sp³-hybridized carbons (Fsp3) is 0.235. The number of carboxylic acids is 3. The van der Waals surface area contributed by atoms with Gasteiger partial charge in [0.15, 0.2) is 0 Å². The summed E-state index contributed by atoms with van der Waals surface area (Å²) in [4.78, 5) is 34.2. The quantitative estimate of drug-likeness (QED) is 0.741. The third-order valence-corrected chi connectivity index (χ3v) is 3.92. The average molecular weight is 316 g/mol. The summed E-state index contributed by atoms with van der Waals surface area (Å²) in [7, 11) is 0. The molecule has 1 atom stereocenters. The molecule has 2 rings (SSSR count). The number of hydrogen-bond acceptors (Lipinski definition) is 3. The molecule has 1 aromatic carbocycles. The van der Waals surface area contributed by atoms with Gasteiger partial charge in [-0.3, -0.25) is 4.79 Å². The maximum absolute atomic E-state index is 11.8. The summed E-state index contributed by atoms with van der Waals surface area (Å²) >= 11 is 0. The zero-order valence-corrected chi connectivity index (χ0v) is 12.2. The standard InChI is InChI=1S/C17H16O6/c18-14(19)12-8-13(15(20)21)10-17(9-12,16(22)23)7-6-11-4-2-1-3-5-11/h1-5,8-9H,6-7,10H2,(H,18,19)(H,20,21)(H,22,23). The summed E-state index contributed by atoms with van der Waals surface area (Å²) in [6, 6.07) is 9.17. The normalized spacial score (nSPS) is 20.3. The van der Waals surface area contributed by atoms with Crippen LogP contribution in [-0.2, 0) is 20.8 Å². The lowest BCUT2D eigenvalue weighted by Crippen LogP contribution is -2.34. The van der Waals surface area contributed by atoms with Crippen LogP contribution in [0, 0.1) is 5.41 Å². The van der Waals surface area contributed by atoms with Crippen LogP contribution in [0.4, 0.5) is 0 Å². The van der Waals surface area contributed by atoms with Crippen molar-refractivity contribution in [3.8, 4) is 0 Å². The lowest BCUT2D eigenvalue weighted by molar-refractivity contribution is -0.146. The van der Waals surface area contributed by atoms with E-state index in [2.05, 4.69) is 0 Å². The fourth-order valence-corrected chi connectivity index (χ4v) is 2.65. The molecule has 0 saturated heterocycles. The molecular formula is C17H16O6. The molecule has 1 aromatic rings. The highest BCUT2D eigenvalue weighted by atomic mass is 16.4. The minimum absolute atomic E-state index is 0.119. The number of aliphatic carboxylic acids is 3. The van der Waals surface area contributed by atoms with Gasteiger partial charge in [0.25, 0.3) is 0 Å². The van der Waals surface area contributed by atoms with E-state index in [-0.39, 0.29) is 24.0 Å². The van der Waals surface area contributed by atoms with Gasteiger partial charge in [-0.15, -0.1) is 0 Å². The van der Waals surface area contributed by atoms with Gasteiger partial charge in [0.05, 0.1) is 11.0 Å². The summed E-state index contributed by atoms with van der Waals surface area (Å²) in [6.07, 6.45) is 2.47. The van der Waals surface area contributed by atoms with Crippen molar-refractivity contribution in [2.24, 2.45) is 5.41 Å². The van der Waals surface area contributed by atoms with Gasteiger partial charge in [0, 0.05) is 5.57 Å². The fourth-order valence-electron chi connectivity index (χ4n) is 2.65. The van der Waals surface area contributed by atoms with Crippen molar-refractivity contribution in [3.63, 3.8) is 0 Å². The van der Waals surface area contributed by atoms with Crippen molar-refractivity contribution in [2.75, 3.05) is 0 Å². The predicted octanol–water partition coefficient (Wildman–Crippen LogP) is 2.12. The van der Waals surface area contributed by atoms with Crippen LogP contribution in [0.15, 0.2) is 53.6 Å². The lowest BCUT2D eigenvalue weighted by atomic mass is 9.72. The smallest absolute Gasteiger partial charge is 0.335 e. The Morgan fingerprint density at radius 3 is 2.17 bits per heavy atom. The minimum atomic E-state index is -1.54. The van der Waals surface area contributed by atoms with Gasteiger partial charge < -0.3 is 15.3 Å². The van der Waals surface area contributed by atoms with Gasteiger partial charge in [-0.05, 0) is 30.9 Å². The van der Waals surface area contributed by atoms with Crippen LogP contribution >= 0.6 is 0 Å². The molecule has 1 aliphatic carbocycles. The van der Waals surface area contributed by atoms with Crippen molar-refractivity contribution < 1.29 is 29.7 Å². The lowest BCUT2D eigenvalue weighted by Gasteiger charge is -2.29. The minimum Gasteiger partial charge on any atom is -0.481 e. The van der Waals surface area contributed by atoms with E-state index >= 15 is 0 Å². The van der Waals surface area contributed by atoms with Crippen LogP contribution < -0.4 is 0 Å². The van der Waals surface area contributed by atoms with Crippen molar-refractivity contribution >= 4 is 17.9 Å². The molecule has 0 spiro atoms. The molecule has 23 heavy (non-hydrogen) atoms. The van der Waals surface area contributed by atoms with Gasteiger partial charge in [-0.25, -0.2) is 9.59 Å². The van der Waals surface area contributed by atoms with Crippen molar-refractivity contribution in [1.82, 2.24) is 0 Å². The number of benzene rings is 1. The molecule has 0 saturated carbocycles. The SMILES string of the molecule is O=C(O)C1=CC(CCc2ccccc2)(C(=O)O)CC(C(=O)O)=C1. The number of rotatable bonds is 6. The number of carboxylic acid groups (broad SMARTS) is 3. The molecule has 0 amide bonds. The van der Waals surface area contributed by atoms with Gasteiger partial charge >= 0.3 is 17.9 Å². The second-order valence-electron chi connectivity index (χ2n) is 5.50. The molecule has 3 N–H and O–H groups in total. The van der Waals surface area contributed by atoms with Crippen LogP contribution in [0.25, 0.3) is 0 Å².